The molecule has 0 N–H and O–H groups in total. The fraction of sp³-hybridized carbons (Fsp3) is 0.529. The minimum Gasteiger partial charge on any atom is -0.465 e. The Kier molecular flexibility index (Phi) is 3.37. The Morgan fingerprint density at radius 2 is 2.23 bits per heavy atom. The number of aromatic nitrogens is 1. The van der Waals surface area contributed by atoms with Crippen molar-refractivity contribution in [1.29, 1.82) is 0 Å². The second-order valence-corrected chi connectivity index (χ2v) is 6.26. The molecular formula is C17H20N2O3. The molecule has 5 heteroatoms. The van der Waals surface area contributed by atoms with E-state index >= 15 is 0 Å². The normalized spacial score (nSPS) is 22.9. The van der Waals surface area contributed by atoms with Gasteiger partial charge in [0.05, 0.1) is 7.11 Å². The van der Waals surface area contributed by atoms with Crippen LogP contribution in [0.3, 0.4) is 0 Å². The lowest BCUT2D eigenvalue weighted by Gasteiger charge is -2.34. The summed E-state index contributed by atoms with van der Waals surface area (Å²) in [6.45, 7) is 2.14. The lowest BCUT2D eigenvalue weighted by atomic mass is 9.92. The zero-order valence-corrected chi connectivity index (χ0v) is 12.7. The number of para-hydroxylation sites is 1. The third-order valence-electron chi connectivity index (χ3n) is 5.00. The van der Waals surface area contributed by atoms with Crippen LogP contribution >= 0.6 is 0 Å². The molecule has 1 aliphatic heterocycles. The summed E-state index contributed by atoms with van der Waals surface area (Å²) in [6.07, 6.45) is 5.09. The number of likely N-dealkylation sites (tertiary alicyclic amines) is 1. The number of carbonyl (C=O) groups is 1. The fourth-order valence-corrected chi connectivity index (χ4v) is 3.48. The summed E-state index contributed by atoms with van der Waals surface area (Å²) in [4.78, 5) is 19.0. The lowest BCUT2D eigenvalue weighted by Crippen LogP contribution is -2.38. The van der Waals surface area contributed by atoms with E-state index in [9.17, 15) is 4.79 Å². The van der Waals surface area contributed by atoms with Gasteiger partial charge in [0.1, 0.15) is 11.1 Å². The zero-order chi connectivity index (χ0) is 15.1. The molecule has 0 unspecified atom stereocenters. The van der Waals surface area contributed by atoms with E-state index in [1.807, 2.05) is 12.1 Å². The van der Waals surface area contributed by atoms with Gasteiger partial charge < -0.3 is 9.15 Å². The van der Waals surface area contributed by atoms with Crippen molar-refractivity contribution < 1.29 is 13.9 Å². The molecule has 2 aromatic rings. The predicted molar refractivity (Wildman–Crippen MR) is 81.9 cm³/mol. The van der Waals surface area contributed by atoms with Crippen LogP contribution in [0.1, 0.15) is 47.8 Å². The van der Waals surface area contributed by atoms with Crippen molar-refractivity contribution in [2.24, 2.45) is 0 Å². The van der Waals surface area contributed by atoms with Crippen LogP contribution in [0.15, 0.2) is 22.6 Å². The molecule has 2 fully saturated rings. The highest BCUT2D eigenvalue weighted by Gasteiger charge is 2.34. The Morgan fingerprint density at radius 1 is 1.36 bits per heavy atom. The number of methoxy groups -OCH3 is 1. The van der Waals surface area contributed by atoms with Crippen molar-refractivity contribution in [3.63, 3.8) is 0 Å². The molecule has 4 rings (SSSR count). The standard InChI is InChI=1S/C17H20N2O3/c1-21-17(20)13-6-3-7-14-15(13)22-16(18-14)11-8-9-19(10-11)12-4-2-5-12/h3,6-7,11-12H,2,4-5,8-10H2,1H3/t11-/m1/s1. The summed E-state index contributed by atoms with van der Waals surface area (Å²) < 4.78 is 10.8. The van der Waals surface area contributed by atoms with E-state index in [-0.39, 0.29) is 5.97 Å². The predicted octanol–water partition coefficient (Wildman–Crippen LogP) is 2.96. The first-order valence-electron chi connectivity index (χ1n) is 7.98. The number of hydrogen-bond donors (Lipinski definition) is 0. The Morgan fingerprint density at radius 3 is 2.95 bits per heavy atom. The second kappa shape index (κ2) is 5.39. The average Bonchev–Trinajstić information content (AvgIpc) is 3.10. The molecule has 0 spiro atoms. The lowest BCUT2D eigenvalue weighted by molar-refractivity contribution is 0.0601. The van der Waals surface area contributed by atoms with Crippen LogP contribution in [0.4, 0.5) is 0 Å². The highest BCUT2D eigenvalue weighted by atomic mass is 16.5. The van der Waals surface area contributed by atoms with E-state index in [0.717, 1.165) is 37.0 Å². The van der Waals surface area contributed by atoms with Crippen LogP contribution in [-0.2, 0) is 4.74 Å². The van der Waals surface area contributed by atoms with Crippen LogP contribution in [0.25, 0.3) is 11.1 Å². The molecule has 1 saturated carbocycles. The minimum atomic E-state index is -0.379. The summed E-state index contributed by atoms with van der Waals surface area (Å²) in [5.74, 6) is 0.711. The quantitative estimate of drug-likeness (QED) is 0.816. The van der Waals surface area contributed by atoms with Gasteiger partial charge in [0.2, 0.25) is 0 Å². The number of nitrogens with zero attached hydrogens (tertiary/aromatic N) is 2. The van der Waals surface area contributed by atoms with E-state index in [1.165, 1.54) is 26.4 Å². The monoisotopic (exact) mass is 300 g/mol. The van der Waals surface area contributed by atoms with Gasteiger partial charge in [0.25, 0.3) is 0 Å². The van der Waals surface area contributed by atoms with E-state index in [1.54, 1.807) is 6.07 Å². The summed E-state index contributed by atoms with van der Waals surface area (Å²) in [5, 5.41) is 0. The number of oxazole rings is 1. The molecular weight excluding hydrogens is 280 g/mol. The topological polar surface area (TPSA) is 55.6 Å². The molecule has 2 heterocycles. The molecule has 1 atom stereocenters. The first-order valence-corrected chi connectivity index (χ1v) is 7.98. The number of hydrogen-bond acceptors (Lipinski definition) is 5. The summed E-state index contributed by atoms with van der Waals surface area (Å²) >= 11 is 0. The molecule has 22 heavy (non-hydrogen) atoms. The van der Waals surface area contributed by atoms with Crippen molar-refractivity contribution in [3.8, 4) is 0 Å². The Bertz CT molecular complexity index is 705. The number of esters is 1. The Labute approximate surface area is 129 Å². The fourth-order valence-electron chi connectivity index (χ4n) is 3.48. The van der Waals surface area contributed by atoms with E-state index in [0.29, 0.717) is 17.1 Å². The van der Waals surface area contributed by atoms with Gasteiger partial charge in [0, 0.05) is 18.5 Å². The van der Waals surface area contributed by atoms with Crippen molar-refractivity contribution in [1.82, 2.24) is 9.88 Å². The molecule has 5 nitrogen and oxygen atoms in total. The van der Waals surface area contributed by atoms with Gasteiger partial charge in [-0.25, -0.2) is 9.78 Å². The maximum Gasteiger partial charge on any atom is 0.341 e. The van der Waals surface area contributed by atoms with Crippen molar-refractivity contribution in [2.45, 2.75) is 37.6 Å². The summed E-state index contributed by atoms with van der Waals surface area (Å²) in [6, 6.07) is 6.18. The Balaban J connectivity index is 1.61. The molecule has 0 bridgehead atoms. The van der Waals surface area contributed by atoms with Gasteiger partial charge in [-0.3, -0.25) is 4.90 Å². The number of benzene rings is 1. The molecule has 1 aliphatic carbocycles. The molecule has 0 amide bonds. The van der Waals surface area contributed by atoms with Crippen LogP contribution in [-0.4, -0.2) is 42.1 Å². The molecule has 1 saturated heterocycles. The Hall–Kier alpha value is -1.88. The first-order chi connectivity index (χ1) is 10.8. The molecule has 0 radical (unpaired) electrons. The average molecular weight is 300 g/mol. The van der Waals surface area contributed by atoms with Crippen molar-refractivity contribution in [3.05, 3.63) is 29.7 Å². The summed E-state index contributed by atoms with van der Waals surface area (Å²) in [5.41, 5.74) is 1.74. The smallest absolute Gasteiger partial charge is 0.341 e. The largest absolute Gasteiger partial charge is 0.465 e. The van der Waals surface area contributed by atoms with Gasteiger partial charge in [-0.05, 0) is 37.9 Å². The number of fused-ring (bicyclic) bond motifs is 1. The van der Waals surface area contributed by atoms with Gasteiger partial charge in [-0.2, -0.15) is 0 Å². The van der Waals surface area contributed by atoms with Gasteiger partial charge in [0.15, 0.2) is 11.5 Å². The van der Waals surface area contributed by atoms with Crippen molar-refractivity contribution in [2.75, 3.05) is 20.2 Å². The van der Waals surface area contributed by atoms with Gasteiger partial charge in [-0.1, -0.05) is 12.5 Å². The third kappa shape index (κ3) is 2.20. The second-order valence-electron chi connectivity index (χ2n) is 6.26. The first kappa shape index (κ1) is 13.8. The van der Waals surface area contributed by atoms with E-state index in [4.69, 9.17) is 9.15 Å². The maximum atomic E-state index is 11.8. The zero-order valence-electron chi connectivity index (χ0n) is 12.7. The minimum absolute atomic E-state index is 0.332. The number of ether oxygens (including phenoxy) is 1. The molecule has 116 valence electrons. The molecule has 1 aromatic carbocycles. The van der Waals surface area contributed by atoms with Crippen LogP contribution < -0.4 is 0 Å². The summed E-state index contributed by atoms with van der Waals surface area (Å²) in [7, 11) is 1.38. The highest BCUT2D eigenvalue weighted by Crippen LogP contribution is 2.35. The van der Waals surface area contributed by atoms with Gasteiger partial charge in [-0.15, -0.1) is 0 Å². The van der Waals surface area contributed by atoms with Crippen LogP contribution in [0.5, 0.6) is 0 Å². The van der Waals surface area contributed by atoms with Crippen LogP contribution in [0, 0.1) is 0 Å². The molecule has 1 aromatic heterocycles. The highest BCUT2D eigenvalue weighted by molar-refractivity contribution is 6.00. The van der Waals surface area contributed by atoms with E-state index < -0.39 is 0 Å². The number of carbonyl (C=O) groups excluding carboxylic acids is 1. The third-order valence-corrected chi connectivity index (χ3v) is 5.00. The number of rotatable bonds is 3. The molecule has 2 aliphatic rings. The van der Waals surface area contributed by atoms with Crippen LogP contribution in [0.2, 0.25) is 0 Å². The van der Waals surface area contributed by atoms with Gasteiger partial charge >= 0.3 is 5.97 Å². The SMILES string of the molecule is COC(=O)c1cccc2nc([C@@H]3CCN(C4CCC4)C3)oc12. The van der Waals surface area contributed by atoms with E-state index in [2.05, 4.69) is 9.88 Å². The van der Waals surface area contributed by atoms with Crippen molar-refractivity contribution >= 4 is 17.1 Å². The maximum absolute atomic E-state index is 11.8.